The molecule has 109 heavy (non-hydrogen) atoms. The Morgan fingerprint density at radius 1 is 0.367 bits per heavy atom. The normalized spacial score (nSPS) is 12.9. The molecule has 0 radical (unpaired) electrons. The third kappa shape index (κ3) is 22.8. The number of carboxylic acids is 2. The van der Waals surface area contributed by atoms with Crippen molar-refractivity contribution in [3.05, 3.63) is 250 Å². The molecule has 3 saturated heterocycles. The molecule has 0 atom stereocenters. The lowest BCUT2D eigenvalue weighted by molar-refractivity contribution is -0.140. The van der Waals surface area contributed by atoms with Crippen molar-refractivity contribution in [1.29, 1.82) is 16.2 Å². The minimum atomic E-state index is -1.25. The summed E-state index contributed by atoms with van der Waals surface area (Å²) in [6, 6.07) is 40.7. The van der Waals surface area contributed by atoms with Crippen LogP contribution in [-0.4, -0.2) is 151 Å². The second-order valence-electron chi connectivity index (χ2n) is 24.8. The largest absolute Gasteiger partial charge is 0.480 e. The van der Waals surface area contributed by atoms with Crippen molar-refractivity contribution < 1.29 is 53.2 Å². The summed E-state index contributed by atoms with van der Waals surface area (Å²) in [5, 5.41) is 61.8. The number of piperidine rings is 1. The average molecular weight is 1600 g/mol. The van der Waals surface area contributed by atoms with Crippen molar-refractivity contribution in [2.75, 3.05) is 84.4 Å². The van der Waals surface area contributed by atoms with E-state index in [4.69, 9.17) is 106 Å². The van der Waals surface area contributed by atoms with E-state index < -0.39 is 48.8 Å². The summed E-state index contributed by atoms with van der Waals surface area (Å²) in [4.78, 5) is 106. The number of hydrogen-bond acceptors (Lipinski definition) is 16. The van der Waals surface area contributed by atoms with E-state index in [0.29, 0.717) is 72.3 Å². The molecule has 12 rings (SSSR count). The van der Waals surface area contributed by atoms with Gasteiger partial charge in [0.15, 0.2) is 13.2 Å². The van der Waals surface area contributed by atoms with E-state index in [-0.39, 0.29) is 72.7 Å². The molecule has 3 aromatic heterocycles. The number of nitrogens with one attached hydrogen (secondary N) is 9. The summed E-state index contributed by atoms with van der Waals surface area (Å²) in [6.45, 7) is 4.29. The highest BCUT2D eigenvalue weighted by atomic mass is 35.5. The predicted octanol–water partition coefficient (Wildman–Crippen LogP) is 15.6. The van der Waals surface area contributed by atoms with Gasteiger partial charge >= 0.3 is 11.9 Å². The SMILES string of the molecule is N=C(c1ccc(C(=O)Nc2c(OCC(=O)O)cc(Cl)cc2C(=O)Nc2ccc(Cl)cn2)cc1)N1CCCC1.N=C(c1ccc(C(=O)Nc2c(OCC(=O)O)cc(Cl)cc2C(=O)Nc2ccc(Cl)cn2)cc1)N1CCCCC1.N=C(c1ccc(CNc2ccc(Cl)cc2C(=O)Nc2ccc(Cl)cn2)cc1)N1CCCC1. The van der Waals surface area contributed by atoms with Crippen molar-refractivity contribution >= 4 is 163 Å². The molecule has 3 aliphatic heterocycles. The maximum atomic E-state index is 13.2. The zero-order valence-corrected chi connectivity index (χ0v) is 62.5. The molecule has 3 aliphatic rings. The highest BCUT2D eigenvalue weighted by molar-refractivity contribution is 6.33. The smallest absolute Gasteiger partial charge is 0.341 e. The van der Waals surface area contributed by atoms with E-state index in [1.165, 1.54) is 55.0 Å². The number of pyridine rings is 3. The third-order valence-corrected chi connectivity index (χ3v) is 18.3. The average Bonchev–Trinajstić information content (AvgIpc) is 1.17. The molecule has 32 heteroatoms. The number of anilines is 6. The first-order valence-electron chi connectivity index (χ1n) is 34.0. The van der Waals surface area contributed by atoms with Crippen LogP contribution in [0.25, 0.3) is 0 Å². The molecule has 0 unspecified atom stereocenters. The standard InChI is InChI=1S/C27H25Cl2N5O5.C26H23Cl2N5O5.C24H23Cl2N5O/c28-18-8-9-22(31-14-18)32-27(38)20-12-19(29)13-21(39-15-23(35)36)24(20)33-26(37)17-6-4-16(5-7-17)25(30)34-10-2-1-3-11-34;27-17-7-8-21(30-13-17)31-26(37)19-11-18(28)12-20(38-14-22(34)35)23(19)32-25(36)16-5-3-15(4-6-16)24(29)33-9-1-2-10-33;25-18-7-9-21(20(13-18)24(32)30-22-10-8-19(26)15-29-22)28-14-16-3-5-17(6-4-16)23(27)31-11-1-2-12-31/h4-9,12-14,30H,1-3,10-11,15H2,(H,33,37)(H,35,36)(H,31,32,38);3-8,11-13,29H,1-2,9-10,14H2,(H,32,36)(H,34,35)(H,30,31,37);3-10,13,15,27-28H,1-2,11-12,14H2,(H,29,30,32). The first-order chi connectivity index (χ1) is 52.4. The van der Waals surface area contributed by atoms with Crippen LogP contribution in [0.4, 0.5) is 34.5 Å². The molecule has 9 aromatic rings. The molecule has 3 fully saturated rings. The van der Waals surface area contributed by atoms with Gasteiger partial charge in [-0.1, -0.05) is 118 Å². The molecular weight excluding hydrogens is 1520 g/mol. The van der Waals surface area contributed by atoms with Crippen LogP contribution in [0.2, 0.25) is 30.1 Å². The van der Waals surface area contributed by atoms with Gasteiger partial charge in [-0.3, -0.25) is 40.2 Å². The quantitative estimate of drug-likeness (QED) is 0.0222. The van der Waals surface area contributed by atoms with E-state index in [0.717, 1.165) is 95.3 Å². The van der Waals surface area contributed by atoms with Crippen molar-refractivity contribution in [1.82, 2.24) is 29.7 Å². The Balaban J connectivity index is 0.000000175. The summed E-state index contributed by atoms with van der Waals surface area (Å²) in [5.41, 5.74) is 4.63. The van der Waals surface area contributed by atoms with Gasteiger partial charge in [0, 0.05) is 125 Å². The van der Waals surface area contributed by atoms with Gasteiger partial charge in [0.1, 0.15) is 46.5 Å². The third-order valence-electron chi connectivity index (χ3n) is 17.0. The Morgan fingerprint density at radius 2 is 0.688 bits per heavy atom. The van der Waals surface area contributed by atoms with Crippen LogP contribution in [0, 0.1) is 16.2 Å². The number of nitrogens with zero attached hydrogens (tertiary/aromatic N) is 6. The number of hydrogen-bond donors (Lipinski definition) is 11. The molecule has 6 heterocycles. The number of rotatable bonds is 22. The fourth-order valence-electron chi connectivity index (χ4n) is 11.5. The first-order valence-corrected chi connectivity index (χ1v) is 36.3. The minimum Gasteiger partial charge on any atom is -0.480 e. The molecule has 11 N–H and O–H groups in total. The van der Waals surface area contributed by atoms with Crippen LogP contribution in [0.5, 0.6) is 11.5 Å². The number of ether oxygens (including phenoxy) is 2. The van der Waals surface area contributed by atoms with E-state index >= 15 is 0 Å². The monoisotopic (exact) mass is 1590 g/mol. The first kappa shape index (κ1) is 80.2. The van der Waals surface area contributed by atoms with Crippen LogP contribution in [-0.2, 0) is 16.1 Å². The molecule has 562 valence electrons. The fraction of sp³-hybridized carbons (Fsp3) is 0.208. The van der Waals surface area contributed by atoms with Gasteiger partial charge < -0.3 is 66.3 Å². The zero-order chi connectivity index (χ0) is 77.7. The Bertz CT molecular complexity index is 4840. The Hall–Kier alpha value is -11.4. The lowest BCUT2D eigenvalue weighted by Gasteiger charge is -2.29. The number of aromatic nitrogens is 3. The van der Waals surface area contributed by atoms with Crippen LogP contribution in [0.3, 0.4) is 0 Å². The second kappa shape index (κ2) is 38.4. The van der Waals surface area contributed by atoms with Gasteiger partial charge in [0.25, 0.3) is 29.5 Å². The van der Waals surface area contributed by atoms with Gasteiger partial charge in [-0.2, -0.15) is 0 Å². The van der Waals surface area contributed by atoms with E-state index in [9.17, 15) is 33.6 Å². The number of aliphatic carboxylic acids is 2. The molecule has 6 aromatic carbocycles. The predicted molar refractivity (Wildman–Crippen MR) is 422 cm³/mol. The summed E-state index contributed by atoms with van der Waals surface area (Å²) in [7, 11) is 0. The summed E-state index contributed by atoms with van der Waals surface area (Å²) >= 11 is 36.1. The maximum Gasteiger partial charge on any atom is 0.341 e. The number of carboxylic acid groups (broad SMARTS) is 2. The van der Waals surface area contributed by atoms with E-state index in [1.807, 2.05) is 34.1 Å². The van der Waals surface area contributed by atoms with Crippen molar-refractivity contribution in [3.8, 4) is 11.5 Å². The van der Waals surface area contributed by atoms with Crippen LogP contribution >= 0.6 is 69.6 Å². The lowest BCUT2D eigenvalue weighted by Crippen LogP contribution is -2.35. The number of carbonyl (C=O) groups excluding carboxylic acids is 5. The minimum absolute atomic E-state index is 0.0674. The second-order valence-corrected chi connectivity index (χ2v) is 27.4. The molecule has 0 spiro atoms. The van der Waals surface area contributed by atoms with E-state index in [1.54, 1.807) is 91.0 Å². The van der Waals surface area contributed by atoms with Gasteiger partial charge in [0.2, 0.25) is 0 Å². The van der Waals surface area contributed by atoms with Crippen LogP contribution in [0.1, 0.15) is 119 Å². The number of carbonyl (C=O) groups is 7. The molecule has 26 nitrogen and oxygen atoms in total. The molecular formula is C77H71Cl6N15O11. The molecule has 0 saturated carbocycles. The summed E-state index contributed by atoms with van der Waals surface area (Å²) < 4.78 is 10.7. The topological polar surface area (TPSA) is 371 Å². The maximum absolute atomic E-state index is 13.2. The summed E-state index contributed by atoms with van der Waals surface area (Å²) in [5.74, 6) is -3.37. The summed E-state index contributed by atoms with van der Waals surface area (Å²) in [6.07, 6.45) is 11.8. The van der Waals surface area contributed by atoms with Crippen molar-refractivity contribution in [2.24, 2.45) is 0 Å². The Kier molecular flexibility index (Phi) is 28.3. The Morgan fingerprint density at radius 3 is 1.04 bits per heavy atom. The lowest BCUT2D eigenvalue weighted by atomic mass is 10.1. The van der Waals surface area contributed by atoms with Crippen LogP contribution < -0.4 is 41.4 Å². The number of halogens is 6. The van der Waals surface area contributed by atoms with Gasteiger partial charge in [-0.25, -0.2) is 24.5 Å². The number of likely N-dealkylation sites (tertiary alicyclic amines) is 3. The highest BCUT2D eigenvalue weighted by Crippen LogP contribution is 2.36. The Labute approximate surface area is 655 Å². The number of amidine groups is 3. The highest BCUT2D eigenvalue weighted by Gasteiger charge is 2.26. The van der Waals surface area contributed by atoms with Gasteiger partial charge in [0.05, 0.1) is 43.1 Å². The molecule has 0 aliphatic carbocycles. The van der Waals surface area contributed by atoms with Crippen molar-refractivity contribution in [3.63, 3.8) is 0 Å². The molecule has 5 amide bonds. The fourth-order valence-corrected chi connectivity index (χ4v) is 12.4. The van der Waals surface area contributed by atoms with Gasteiger partial charge in [-0.15, -0.1) is 0 Å². The number of benzene rings is 6. The van der Waals surface area contributed by atoms with Gasteiger partial charge in [-0.05, 0) is 142 Å². The van der Waals surface area contributed by atoms with Crippen LogP contribution in [0.15, 0.2) is 170 Å². The molecule has 0 bridgehead atoms. The van der Waals surface area contributed by atoms with E-state index in [2.05, 4.69) is 51.8 Å². The zero-order valence-electron chi connectivity index (χ0n) is 58.0. The van der Waals surface area contributed by atoms with Crippen molar-refractivity contribution in [2.45, 2.75) is 51.5 Å². The number of amides is 5.